The van der Waals surface area contributed by atoms with E-state index in [0.29, 0.717) is 26.3 Å². The maximum atomic E-state index is 12.8. The summed E-state index contributed by atoms with van der Waals surface area (Å²) in [6.45, 7) is 2.36. The molecule has 0 fully saturated rings. The van der Waals surface area contributed by atoms with Crippen molar-refractivity contribution in [1.29, 1.82) is 0 Å². The van der Waals surface area contributed by atoms with Gasteiger partial charge in [-0.25, -0.2) is 0 Å². The van der Waals surface area contributed by atoms with Crippen molar-refractivity contribution in [1.82, 2.24) is 19.7 Å². The monoisotopic (exact) mass is 338 g/mol. The third kappa shape index (κ3) is 3.49. The Bertz CT molecular complexity index is 748. The van der Waals surface area contributed by atoms with Crippen molar-refractivity contribution >= 4 is 5.91 Å². The van der Waals surface area contributed by atoms with E-state index in [0.717, 1.165) is 24.1 Å². The zero-order chi connectivity index (χ0) is 17.1. The molecule has 25 heavy (non-hydrogen) atoms. The second-order valence-electron chi connectivity index (χ2n) is 6.65. The fraction of sp³-hybridized carbons (Fsp3) is 0.421. The van der Waals surface area contributed by atoms with E-state index < -0.39 is 0 Å². The third-order valence-electron chi connectivity index (χ3n) is 4.88. The lowest BCUT2D eigenvalue weighted by molar-refractivity contribution is -0.137. The number of fused-ring (bicyclic) bond motifs is 1. The van der Waals surface area contributed by atoms with E-state index in [1.165, 1.54) is 0 Å². The van der Waals surface area contributed by atoms with E-state index in [-0.39, 0.29) is 17.9 Å². The van der Waals surface area contributed by atoms with Crippen LogP contribution in [0.1, 0.15) is 30.1 Å². The van der Waals surface area contributed by atoms with Gasteiger partial charge in [0.15, 0.2) is 0 Å². The fourth-order valence-electron chi connectivity index (χ4n) is 3.55. The van der Waals surface area contributed by atoms with Gasteiger partial charge in [0, 0.05) is 31.1 Å². The Balaban J connectivity index is 1.41. The van der Waals surface area contributed by atoms with Gasteiger partial charge < -0.3 is 9.64 Å². The molecular formula is C19H22N4O2. The predicted molar refractivity (Wildman–Crippen MR) is 92.4 cm³/mol. The first-order valence-corrected chi connectivity index (χ1v) is 8.74. The average Bonchev–Trinajstić information content (AvgIpc) is 3.33. The summed E-state index contributed by atoms with van der Waals surface area (Å²) in [4.78, 5) is 18.8. The molecule has 0 saturated heterocycles. The van der Waals surface area contributed by atoms with Crippen LogP contribution in [0.5, 0.6) is 0 Å². The van der Waals surface area contributed by atoms with Gasteiger partial charge in [-0.1, -0.05) is 12.2 Å². The fourth-order valence-corrected chi connectivity index (χ4v) is 3.55. The van der Waals surface area contributed by atoms with Crippen molar-refractivity contribution in [2.75, 3.05) is 13.2 Å². The molecular weight excluding hydrogens is 316 g/mol. The van der Waals surface area contributed by atoms with Crippen LogP contribution < -0.4 is 0 Å². The van der Waals surface area contributed by atoms with E-state index in [1.54, 1.807) is 18.6 Å². The van der Waals surface area contributed by atoms with Crippen LogP contribution in [0.3, 0.4) is 0 Å². The van der Waals surface area contributed by atoms with Gasteiger partial charge in [0.2, 0.25) is 5.91 Å². The summed E-state index contributed by atoms with van der Waals surface area (Å²) in [7, 11) is 0. The molecule has 6 heteroatoms. The Morgan fingerprint density at radius 3 is 2.76 bits per heavy atom. The number of nitrogens with zero attached hydrogens (tertiary/aromatic N) is 4. The summed E-state index contributed by atoms with van der Waals surface area (Å²) >= 11 is 0. The predicted octanol–water partition coefficient (Wildman–Crippen LogP) is 2.34. The normalized spacial score (nSPS) is 20.0. The van der Waals surface area contributed by atoms with Crippen LogP contribution in [-0.4, -0.2) is 38.7 Å². The largest absolute Gasteiger partial charge is 0.374 e. The highest BCUT2D eigenvalue weighted by molar-refractivity contribution is 5.79. The number of pyridine rings is 1. The van der Waals surface area contributed by atoms with E-state index in [1.807, 2.05) is 27.8 Å². The van der Waals surface area contributed by atoms with Crippen LogP contribution in [0.4, 0.5) is 0 Å². The van der Waals surface area contributed by atoms with Gasteiger partial charge in [0.1, 0.15) is 0 Å². The molecule has 2 aliphatic rings. The van der Waals surface area contributed by atoms with Crippen LogP contribution in [0.2, 0.25) is 0 Å². The Hall–Kier alpha value is -2.47. The SMILES string of the molecule is O=C(C1CC=CC1)N1Cc2ccnn2C(COCc2ccncc2)C1. The quantitative estimate of drug-likeness (QED) is 0.785. The number of hydrogen-bond donors (Lipinski definition) is 0. The van der Waals surface area contributed by atoms with Gasteiger partial charge in [0.05, 0.1) is 31.5 Å². The molecule has 4 rings (SSSR count). The molecule has 0 bridgehead atoms. The summed E-state index contributed by atoms with van der Waals surface area (Å²) in [5.41, 5.74) is 2.17. The highest BCUT2D eigenvalue weighted by Gasteiger charge is 2.32. The van der Waals surface area contributed by atoms with Crippen molar-refractivity contribution in [3.8, 4) is 0 Å². The molecule has 1 atom stereocenters. The lowest BCUT2D eigenvalue weighted by atomic mass is 10.0. The molecule has 1 amide bonds. The van der Waals surface area contributed by atoms with Gasteiger partial charge in [-0.15, -0.1) is 0 Å². The molecule has 0 spiro atoms. The Morgan fingerprint density at radius 1 is 1.16 bits per heavy atom. The van der Waals surface area contributed by atoms with Crippen molar-refractivity contribution in [2.45, 2.75) is 32.0 Å². The highest BCUT2D eigenvalue weighted by atomic mass is 16.5. The second-order valence-corrected chi connectivity index (χ2v) is 6.65. The molecule has 0 aromatic carbocycles. The van der Waals surface area contributed by atoms with Crippen LogP contribution >= 0.6 is 0 Å². The number of allylic oxidation sites excluding steroid dienone is 2. The van der Waals surface area contributed by atoms with Crippen molar-refractivity contribution in [3.05, 3.63) is 60.2 Å². The Morgan fingerprint density at radius 2 is 1.96 bits per heavy atom. The number of amides is 1. The molecule has 1 unspecified atom stereocenters. The number of aromatic nitrogens is 3. The minimum absolute atomic E-state index is 0.0545. The van der Waals surface area contributed by atoms with Crippen molar-refractivity contribution < 1.29 is 9.53 Å². The zero-order valence-electron chi connectivity index (χ0n) is 14.1. The summed E-state index contributed by atoms with van der Waals surface area (Å²) in [5, 5.41) is 4.43. The summed E-state index contributed by atoms with van der Waals surface area (Å²) < 4.78 is 7.90. The molecule has 3 heterocycles. The smallest absolute Gasteiger partial charge is 0.226 e. The third-order valence-corrected chi connectivity index (χ3v) is 4.88. The van der Waals surface area contributed by atoms with Gasteiger partial charge in [-0.2, -0.15) is 5.10 Å². The first kappa shape index (κ1) is 16.0. The summed E-state index contributed by atoms with van der Waals surface area (Å²) in [6.07, 6.45) is 11.3. The van der Waals surface area contributed by atoms with Crippen molar-refractivity contribution in [3.63, 3.8) is 0 Å². The molecule has 0 saturated carbocycles. The van der Waals surface area contributed by atoms with Crippen LogP contribution in [0.25, 0.3) is 0 Å². The number of rotatable bonds is 5. The van der Waals surface area contributed by atoms with E-state index >= 15 is 0 Å². The number of carbonyl (C=O) groups is 1. The topological polar surface area (TPSA) is 60.2 Å². The minimum atomic E-state index is 0.0545. The standard InChI is InChI=1S/C19H22N4O2/c24-19(16-3-1-2-4-16)22-11-17-7-10-21-23(17)18(12-22)14-25-13-15-5-8-20-9-6-15/h1-2,5-10,16,18H,3-4,11-14H2. The first-order chi connectivity index (χ1) is 12.3. The number of carbonyl (C=O) groups excluding carboxylic acids is 1. The van der Waals surface area contributed by atoms with Crippen LogP contribution in [0, 0.1) is 5.92 Å². The average molecular weight is 338 g/mol. The van der Waals surface area contributed by atoms with Gasteiger partial charge in [-0.05, 0) is 36.6 Å². The van der Waals surface area contributed by atoms with Crippen LogP contribution in [-0.2, 0) is 22.7 Å². The molecule has 0 radical (unpaired) electrons. The molecule has 2 aromatic heterocycles. The number of hydrogen-bond acceptors (Lipinski definition) is 4. The van der Waals surface area contributed by atoms with E-state index in [2.05, 4.69) is 22.2 Å². The molecule has 2 aromatic rings. The minimum Gasteiger partial charge on any atom is -0.374 e. The second kappa shape index (κ2) is 7.19. The lowest BCUT2D eigenvalue weighted by Gasteiger charge is -2.35. The summed E-state index contributed by atoms with van der Waals surface area (Å²) in [5.74, 6) is 0.351. The first-order valence-electron chi connectivity index (χ1n) is 8.74. The van der Waals surface area contributed by atoms with Gasteiger partial charge >= 0.3 is 0 Å². The maximum Gasteiger partial charge on any atom is 0.226 e. The molecule has 130 valence electrons. The highest BCUT2D eigenvalue weighted by Crippen LogP contribution is 2.26. The Kier molecular flexibility index (Phi) is 4.61. The lowest BCUT2D eigenvalue weighted by Crippen LogP contribution is -2.44. The Labute approximate surface area is 147 Å². The summed E-state index contributed by atoms with van der Waals surface area (Å²) in [6, 6.07) is 5.94. The number of ether oxygens (including phenoxy) is 1. The zero-order valence-corrected chi connectivity index (χ0v) is 14.1. The molecule has 6 nitrogen and oxygen atoms in total. The van der Waals surface area contributed by atoms with Gasteiger partial charge in [-0.3, -0.25) is 14.5 Å². The molecule has 0 N–H and O–H groups in total. The molecule has 1 aliphatic heterocycles. The maximum absolute atomic E-state index is 12.8. The van der Waals surface area contributed by atoms with E-state index in [9.17, 15) is 4.79 Å². The molecule has 1 aliphatic carbocycles. The van der Waals surface area contributed by atoms with Crippen molar-refractivity contribution in [2.24, 2.45) is 5.92 Å². The van der Waals surface area contributed by atoms with Gasteiger partial charge in [0.25, 0.3) is 0 Å². The van der Waals surface area contributed by atoms with E-state index in [4.69, 9.17) is 4.74 Å². The van der Waals surface area contributed by atoms with Crippen LogP contribution in [0.15, 0.2) is 48.9 Å².